The fourth-order valence-electron chi connectivity index (χ4n) is 3.33. The van der Waals surface area contributed by atoms with E-state index in [1.54, 1.807) is 0 Å². The van der Waals surface area contributed by atoms with Crippen molar-refractivity contribution in [1.82, 2.24) is 0 Å². The molecule has 0 heterocycles. The molecule has 0 aliphatic heterocycles. The molecule has 1 aromatic rings. The molecule has 3 unspecified atom stereocenters. The molecule has 0 radical (unpaired) electrons. The number of rotatable bonds is 4. The molecule has 2 rings (SSSR count). The summed E-state index contributed by atoms with van der Waals surface area (Å²) in [5, 5.41) is 10.3. The van der Waals surface area contributed by atoms with Crippen LogP contribution >= 0.6 is 0 Å². The molecule has 118 valence electrons. The van der Waals surface area contributed by atoms with Gasteiger partial charge >= 0.3 is 0 Å². The standard InChI is InChI=1S/C17H26O3S/c1-12-7-8-13(2)15(9-12)11-17(18)14-5-4-6-16(10-14)21(3,19)20/h7-9,14,16-18H,4-6,10-11H2,1-3H3. The first kappa shape index (κ1) is 16.5. The lowest BCUT2D eigenvalue weighted by Crippen LogP contribution is -2.34. The van der Waals surface area contributed by atoms with Gasteiger partial charge in [0.25, 0.3) is 0 Å². The molecule has 0 saturated heterocycles. The number of aliphatic hydroxyl groups excluding tert-OH is 1. The number of aliphatic hydroxyl groups is 1. The van der Waals surface area contributed by atoms with Crippen molar-refractivity contribution in [2.24, 2.45) is 5.92 Å². The summed E-state index contributed by atoms with van der Waals surface area (Å²) in [7, 11) is -2.99. The van der Waals surface area contributed by atoms with Crippen molar-refractivity contribution in [1.29, 1.82) is 0 Å². The molecule has 1 fully saturated rings. The van der Waals surface area contributed by atoms with Crippen LogP contribution < -0.4 is 0 Å². The number of benzene rings is 1. The average molecular weight is 310 g/mol. The SMILES string of the molecule is Cc1ccc(C)c(CC(O)C2CCCC(S(C)(=O)=O)C2)c1. The second-order valence-electron chi connectivity index (χ2n) is 6.58. The van der Waals surface area contributed by atoms with Gasteiger partial charge in [-0.15, -0.1) is 0 Å². The van der Waals surface area contributed by atoms with E-state index in [4.69, 9.17) is 0 Å². The fraction of sp³-hybridized carbons (Fsp3) is 0.647. The topological polar surface area (TPSA) is 54.4 Å². The Bertz CT molecular complexity index is 592. The summed E-state index contributed by atoms with van der Waals surface area (Å²) < 4.78 is 23.5. The van der Waals surface area contributed by atoms with E-state index in [-0.39, 0.29) is 11.2 Å². The largest absolute Gasteiger partial charge is 0.392 e. The normalized spacial score (nSPS) is 24.8. The number of hydrogen-bond acceptors (Lipinski definition) is 3. The van der Waals surface area contributed by atoms with Crippen LogP contribution in [0.3, 0.4) is 0 Å². The predicted octanol–water partition coefficient (Wildman–Crippen LogP) is 2.81. The van der Waals surface area contributed by atoms with Crippen LogP contribution in [0.1, 0.15) is 42.4 Å². The molecule has 0 spiro atoms. The van der Waals surface area contributed by atoms with E-state index < -0.39 is 15.9 Å². The highest BCUT2D eigenvalue weighted by molar-refractivity contribution is 7.91. The van der Waals surface area contributed by atoms with Gasteiger partial charge in [0.15, 0.2) is 0 Å². The van der Waals surface area contributed by atoms with E-state index in [1.807, 2.05) is 0 Å². The summed E-state index contributed by atoms with van der Waals surface area (Å²) in [4.78, 5) is 0. The van der Waals surface area contributed by atoms with Crippen LogP contribution in [0.2, 0.25) is 0 Å². The summed E-state index contributed by atoms with van der Waals surface area (Å²) in [6.07, 6.45) is 4.65. The first-order valence-corrected chi connectivity index (χ1v) is 9.66. The molecule has 0 amide bonds. The maximum atomic E-state index is 11.7. The summed E-state index contributed by atoms with van der Waals surface area (Å²) in [6, 6.07) is 6.28. The van der Waals surface area contributed by atoms with Crippen molar-refractivity contribution in [2.45, 2.75) is 57.3 Å². The first-order valence-electron chi connectivity index (χ1n) is 7.70. The molecular formula is C17H26O3S. The maximum absolute atomic E-state index is 11.7. The van der Waals surface area contributed by atoms with Crippen LogP contribution in [-0.4, -0.2) is 31.1 Å². The molecule has 0 aromatic heterocycles. The minimum Gasteiger partial charge on any atom is -0.392 e. The minimum absolute atomic E-state index is 0.0957. The summed E-state index contributed by atoms with van der Waals surface area (Å²) in [6.45, 7) is 4.11. The third-order valence-electron chi connectivity index (χ3n) is 4.75. The van der Waals surface area contributed by atoms with E-state index in [9.17, 15) is 13.5 Å². The molecule has 1 aromatic carbocycles. The van der Waals surface area contributed by atoms with Crippen molar-refractivity contribution < 1.29 is 13.5 Å². The summed E-state index contributed by atoms with van der Waals surface area (Å²) in [5.41, 5.74) is 3.56. The van der Waals surface area contributed by atoms with Gasteiger partial charge in [0.05, 0.1) is 11.4 Å². The maximum Gasteiger partial charge on any atom is 0.150 e. The highest BCUT2D eigenvalue weighted by atomic mass is 32.2. The quantitative estimate of drug-likeness (QED) is 0.930. The van der Waals surface area contributed by atoms with Crippen molar-refractivity contribution >= 4 is 9.84 Å². The Balaban J connectivity index is 2.06. The van der Waals surface area contributed by atoms with E-state index in [2.05, 4.69) is 32.0 Å². The Morgan fingerprint density at radius 1 is 1.29 bits per heavy atom. The van der Waals surface area contributed by atoms with Gasteiger partial charge in [-0.3, -0.25) is 0 Å². The van der Waals surface area contributed by atoms with Crippen molar-refractivity contribution in [2.75, 3.05) is 6.26 Å². The lowest BCUT2D eigenvalue weighted by Gasteiger charge is -2.31. The Morgan fingerprint density at radius 3 is 2.67 bits per heavy atom. The third kappa shape index (κ3) is 4.30. The number of aryl methyl sites for hydroxylation is 2. The molecule has 3 atom stereocenters. The molecular weight excluding hydrogens is 284 g/mol. The summed E-state index contributed by atoms with van der Waals surface area (Å²) >= 11 is 0. The van der Waals surface area contributed by atoms with E-state index in [0.717, 1.165) is 19.3 Å². The zero-order valence-corrected chi connectivity index (χ0v) is 14.0. The molecule has 1 aliphatic rings. The summed E-state index contributed by atoms with van der Waals surface area (Å²) in [5.74, 6) is 0.0957. The van der Waals surface area contributed by atoms with E-state index in [0.29, 0.717) is 12.8 Å². The lowest BCUT2D eigenvalue weighted by molar-refractivity contribution is 0.0858. The molecule has 21 heavy (non-hydrogen) atoms. The highest BCUT2D eigenvalue weighted by Crippen LogP contribution is 2.32. The van der Waals surface area contributed by atoms with E-state index >= 15 is 0 Å². The monoisotopic (exact) mass is 310 g/mol. The second kappa shape index (κ2) is 6.49. The molecule has 1 aliphatic carbocycles. The Labute approximate surface area is 128 Å². The lowest BCUT2D eigenvalue weighted by atomic mass is 9.82. The van der Waals surface area contributed by atoms with E-state index in [1.165, 1.54) is 22.9 Å². The van der Waals surface area contributed by atoms with Crippen molar-refractivity contribution in [3.05, 3.63) is 34.9 Å². The van der Waals surface area contributed by atoms with Gasteiger partial charge < -0.3 is 5.11 Å². The number of sulfone groups is 1. The number of hydrogen-bond donors (Lipinski definition) is 1. The second-order valence-corrected chi connectivity index (χ2v) is 8.91. The molecule has 3 nitrogen and oxygen atoms in total. The van der Waals surface area contributed by atoms with Gasteiger partial charge in [0.1, 0.15) is 9.84 Å². The Kier molecular flexibility index (Phi) is 5.10. The van der Waals surface area contributed by atoms with Gasteiger partial charge in [-0.2, -0.15) is 0 Å². The Morgan fingerprint density at radius 2 is 2.00 bits per heavy atom. The van der Waals surface area contributed by atoms with Gasteiger partial charge in [-0.05, 0) is 56.6 Å². The minimum atomic E-state index is -2.99. The van der Waals surface area contributed by atoms with Crippen LogP contribution in [0, 0.1) is 19.8 Å². The zero-order valence-electron chi connectivity index (χ0n) is 13.2. The predicted molar refractivity (Wildman–Crippen MR) is 86.2 cm³/mol. The molecule has 1 saturated carbocycles. The molecule has 1 N–H and O–H groups in total. The highest BCUT2D eigenvalue weighted by Gasteiger charge is 2.32. The van der Waals surface area contributed by atoms with Crippen molar-refractivity contribution in [3.8, 4) is 0 Å². The molecule has 4 heteroatoms. The molecule has 0 bridgehead atoms. The van der Waals surface area contributed by atoms with Gasteiger partial charge in [0.2, 0.25) is 0 Å². The van der Waals surface area contributed by atoms with Crippen molar-refractivity contribution in [3.63, 3.8) is 0 Å². The van der Waals surface area contributed by atoms with Crippen LogP contribution in [0.5, 0.6) is 0 Å². The first-order chi connectivity index (χ1) is 9.77. The van der Waals surface area contributed by atoms with Crippen LogP contribution in [-0.2, 0) is 16.3 Å². The van der Waals surface area contributed by atoms with Gasteiger partial charge in [0, 0.05) is 6.26 Å². The smallest absolute Gasteiger partial charge is 0.150 e. The fourth-order valence-corrected chi connectivity index (χ4v) is 4.52. The van der Waals surface area contributed by atoms with Gasteiger partial charge in [-0.1, -0.05) is 30.2 Å². The van der Waals surface area contributed by atoms with Crippen LogP contribution in [0.4, 0.5) is 0 Å². The Hall–Kier alpha value is -0.870. The average Bonchev–Trinajstić information content (AvgIpc) is 2.42. The van der Waals surface area contributed by atoms with Crippen LogP contribution in [0.15, 0.2) is 18.2 Å². The van der Waals surface area contributed by atoms with Crippen LogP contribution in [0.25, 0.3) is 0 Å². The zero-order chi connectivity index (χ0) is 15.6. The third-order valence-corrected chi connectivity index (χ3v) is 6.39. The van der Waals surface area contributed by atoms with Gasteiger partial charge in [-0.25, -0.2) is 8.42 Å².